The predicted octanol–water partition coefficient (Wildman–Crippen LogP) is 0.596. The monoisotopic (exact) mass is 433 g/mol. The molecule has 0 aromatic carbocycles. The number of rotatable bonds is 8. The number of β-amino-alcohol motifs (C(OH)–C–C–N with tert-alkyl or cyclic N) is 1. The van der Waals surface area contributed by atoms with Gasteiger partial charge >= 0.3 is 5.69 Å². The molecule has 4 rings (SSSR count). The van der Waals surface area contributed by atoms with Crippen molar-refractivity contribution in [2.45, 2.75) is 38.5 Å². The normalized spacial score (nSPS) is 26.5. The molecule has 0 radical (unpaired) electrons. The summed E-state index contributed by atoms with van der Waals surface area (Å²) >= 11 is 0. The van der Waals surface area contributed by atoms with Gasteiger partial charge in [0.1, 0.15) is 5.82 Å². The molecule has 3 aliphatic rings. The maximum Gasteiger partial charge on any atom is 0.349 e. The van der Waals surface area contributed by atoms with Gasteiger partial charge in [0.05, 0.1) is 6.61 Å². The minimum Gasteiger partial charge on any atom is -0.467 e. The zero-order valence-corrected chi connectivity index (χ0v) is 18.2. The predicted molar refractivity (Wildman–Crippen MR) is 117 cm³/mol. The van der Waals surface area contributed by atoms with Crippen molar-refractivity contribution in [3.8, 4) is 5.88 Å². The SMILES string of the molecule is O=C(COc1cc(N2CCN(CCO)CC2)[nH]c(=O)n1)NCC1CC2CCCC(C2)C1. The molecule has 1 saturated heterocycles. The summed E-state index contributed by atoms with van der Waals surface area (Å²) in [6, 6.07) is 1.68. The van der Waals surface area contributed by atoms with Gasteiger partial charge in [-0.25, -0.2) is 4.79 Å². The highest BCUT2D eigenvalue weighted by atomic mass is 16.5. The second kappa shape index (κ2) is 10.5. The number of aliphatic hydroxyl groups is 1. The summed E-state index contributed by atoms with van der Waals surface area (Å²) in [5.41, 5.74) is -0.487. The van der Waals surface area contributed by atoms with Crippen molar-refractivity contribution in [3.63, 3.8) is 0 Å². The van der Waals surface area contributed by atoms with E-state index >= 15 is 0 Å². The lowest BCUT2D eigenvalue weighted by molar-refractivity contribution is -0.123. The van der Waals surface area contributed by atoms with E-state index in [2.05, 4.69) is 25.1 Å². The highest BCUT2D eigenvalue weighted by molar-refractivity contribution is 5.77. The van der Waals surface area contributed by atoms with Crippen LogP contribution in [0, 0.1) is 17.8 Å². The number of piperazine rings is 1. The second-order valence-electron chi connectivity index (χ2n) is 9.29. The third-order valence-corrected chi connectivity index (χ3v) is 7.00. The highest BCUT2D eigenvalue weighted by Gasteiger charge is 2.31. The van der Waals surface area contributed by atoms with Crippen molar-refractivity contribution < 1.29 is 14.6 Å². The zero-order chi connectivity index (χ0) is 21.6. The fourth-order valence-corrected chi connectivity index (χ4v) is 5.51. The smallest absolute Gasteiger partial charge is 0.349 e. The first-order chi connectivity index (χ1) is 15.1. The lowest BCUT2D eigenvalue weighted by Crippen LogP contribution is -2.47. The Morgan fingerprint density at radius 2 is 1.94 bits per heavy atom. The fraction of sp³-hybridized carbons (Fsp3) is 0.773. The van der Waals surface area contributed by atoms with Gasteiger partial charge in [-0.15, -0.1) is 0 Å². The number of fused-ring (bicyclic) bond motifs is 2. The van der Waals surface area contributed by atoms with Crippen molar-refractivity contribution >= 4 is 11.7 Å². The number of amides is 1. The van der Waals surface area contributed by atoms with Gasteiger partial charge in [0, 0.05) is 45.3 Å². The molecule has 1 aromatic heterocycles. The van der Waals surface area contributed by atoms with Gasteiger partial charge in [-0.05, 0) is 37.0 Å². The van der Waals surface area contributed by atoms with Crippen molar-refractivity contribution in [3.05, 3.63) is 16.6 Å². The van der Waals surface area contributed by atoms with E-state index in [0.29, 0.717) is 24.8 Å². The number of carbonyl (C=O) groups excluding carboxylic acids is 1. The third-order valence-electron chi connectivity index (χ3n) is 7.00. The number of hydrogen-bond acceptors (Lipinski definition) is 7. The number of nitrogens with zero attached hydrogens (tertiary/aromatic N) is 3. The molecule has 31 heavy (non-hydrogen) atoms. The van der Waals surface area contributed by atoms with E-state index in [4.69, 9.17) is 9.84 Å². The molecule has 2 heterocycles. The van der Waals surface area contributed by atoms with Crippen molar-refractivity contribution in [1.29, 1.82) is 0 Å². The molecule has 3 N–H and O–H groups in total. The molecule has 9 nitrogen and oxygen atoms in total. The maximum atomic E-state index is 12.3. The van der Waals surface area contributed by atoms with E-state index in [0.717, 1.165) is 38.0 Å². The number of aromatic nitrogens is 2. The number of anilines is 1. The number of ether oxygens (including phenoxy) is 1. The average Bonchev–Trinajstić information content (AvgIpc) is 2.76. The molecule has 172 valence electrons. The largest absolute Gasteiger partial charge is 0.467 e. The summed E-state index contributed by atoms with van der Waals surface area (Å²) in [5.74, 6) is 2.90. The Labute approximate surface area is 183 Å². The molecule has 2 bridgehead atoms. The summed E-state index contributed by atoms with van der Waals surface area (Å²) in [4.78, 5) is 35.1. The van der Waals surface area contributed by atoms with Gasteiger partial charge < -0.3 is 20.1 Å². The van der Waals surface area contributed by atoms with Crippen LogP contribution >= 0.6 is 0 Å². The van der Waals surface area contributed by atoms with Gasteiger partial charge in [-0.1, -0.05) is 19.3 Å². The van der Waals surface area contributed by atoms with Crippen LogP contribution in [0.3, 0.4) is 0 Å². The number of aliphatic hydroxyl groups excluding tert-OH is 1. The first-order valence-corrected chi connectivity index (χ1v) is 11.7. The lowest BCUT2D eigenvalue weighted by Gasteiger charge is -2.39. The van der Waals surface area contributed by atoms with Gasteiger partial charge in [-0.3, -0.25) is 14.7 Å². The summed E-state index contributed by atoms with van der Waals surface area (Å²) in [6.45, 7) is 4.48. The molecule has 2 saturated carbocycles. The van der Waals surface area contributed by atoms with E-state index in [-0.39, 0.29) is 25.0 Å². The van der Waals surface area contributed by atoms with Gasteiger partial charge in [0.2, 0.25) is 5.88 Å². The quantitative estimate of drug-likeness (QED) is 0.550. The van der Waals surface area contributed by atoms with E-state index < -0.39 is 5.69 Å². The summed E-state index contributed by atoms with van der Waals surface area (Å²) in [5, 5.41) is 12.1. The van der Waals surface area contributed by atoms with E-state index in [9.17, 15) is 9.59 Å². The minimum atomic E-state index is -0.487. The third kappa shape index (κ3) is 6.20. The Morgan fingerprint density at radius 3 is 2.65 bits per heavy atom. The highest BCUT2D eigenvalue weighted by Crippen LogP contribution is 2.42. The van der Waals surface area contributed by atoms with Crippen molar-refractivity contribution in [1.82, 2.24) is 20.2 Å². The average molecular weight is 434 g/mol. The van der Waals surface area contributed by atoms with Crippen LogP contribution in [0.5, 0.6) is 5.88 Å². The molecule has 1 aromatic rings. The molecular formula is C22H35N5O4. The van der Waals surface area contributed by atoms with Gasteiger partial charge in [0.25, 0.3) is 5.91 Å². The Morgan fingerprint density at radius 1 is 1.19 bits per heavy atom. The number of aromatic amines is 1. The molecule has 2 aliphatic carbocycles. The van der Waals surface area contributed by atoms with Crippen molar-refractivity contribution in [2.24, 2.45) is 17.8 Å². The Kier molecular flexibility index (Phi) is 7.45. The van der Waals surface area contributed by atoms with Gasteiger partial charge in [0.15, 0.2) is 6.61 Å². The topological polar surface area (TPSA) is 111 Å². The van der Waals surface area contributed by atoms with Crippen LogP contribution in [0.2, 0.25) is 0 Å². The molecule has 1 amide bonds. The molecule has 2 atom stereocenters. The number of carbonyl (C=O) groups is 1. The summed E-state index contributed by atoms with van der Waals surface area (Å²) < 4.78 is 5.54. The number of hydrogen-bond donors (Lipinski definition) is 3. The lowest BCUT2D eigenvalue weighted by atomic mass is 9.68. The molecule has 3 fully saturated rings. The molecule has 2 unspecified atom stereocenters. The Hall–Kier alpha value is -2.13. The minimum absolute atomic E-state index is 0.139. The second-order valence-corrected chi connectivity index (χ2v) is 9.29. The van der Waals surface area contributed by atoms with Crippen LogP contribution < -0.4 is 20.6 Å². The molecule has 0 spiro atoms. The maximum absolute atomic E-state index is 12.3. The van der Waals surface area contributed by atoms with E-state index in [1.54, 1.807) is 6.07 Å². The number of H-pyrrole nitrogens is 1. The van der Waals surface area contributed by atoms with Crippen LogP contribution in [-0.2, 0) is 4.79 Å². The van der Waals surface area contributed by atoms with Crippen LogP contribution in [-0.4, -0.2) is 78.4 Å². The Balaban J connectivity index is 1.24. The van der Waals surface area contributed by atoms with E-state index in [1.807, 2.05) is 0 Å². The molecular weight excluding hydrogens is 398 g/mol. The fourth-order valence-electron chi connectivity index (χ4n) is 5.51. The van der Waals surface area contributed by atoms with Crippen LogP contribution in [0.1, 0.15) is 38.5 Å². The first kappa shape index (κ1) is 22.1. The first-order valence-electron chi connectivity index (χ1n) is 11.7. The van der Waals surface area contributed by atoms with Crippen molar-refractivity contribution in [2.75, 3.05) is 57.4 Å². The van der Waals surface area contributed by atoms with Crippen LogP contribution in [0.25, 0.3) is 0 Å². The van der Waals surface area contributed by atoms with Gasteiger partial charge in [-0.2, -0.15) is 4.98 Å². The zero-order valence-electron chi connectivity index (χ0n) is 18.2. The standard InChI is InChI=1S/C22H35N5O4/c28-9-8-26-4-6-27(7-5-26)19-13-21(25-22(30)24-19)31-15-20(29)23-14-18-11-16-2-1-3-17(10-16)12-18/h13,16-18,28H,1-12,14-15H2,(H,23,29)(H,24,25,30). The molecule has 9 heteroatoms. The Bertz CT molecular complexity index is 780. The number of nitrogens with one attached hydrogen (secondary N) is 2. The summed E-state index contributed by atoms with van der Waals surface area (Å²) in [6.07, 6.45) is 7.88. The summed E-state index contributed by atoms with van der Waals surface area (Å²) in [7, 11) is 0. The van der Waals surface area contributed by atoms with Crippen LogP contribution in [0.15, 0.2) is 10.9 Å². The van der Waals surface area contributed by atoms with E-state index in [1.165, 1.54) is 38.5 Å². The molecule has 1 aliphatic heterocycles. The van der Waals surface area contributed by atoms with Crippen LogP contribution in [0.4, 0.5) is 5.82 Å².